The van der Waals surface area contributed by atoms with Crippen LogP contribution in [-0.2, 0) is 4.79 Å². The summed E-state index contributed by atoms with van der Waals surface area (Å²) >= 11 is 0. The van der Waals surface area contributed by atoms with Gasteiger partial charge in [0, 0.05) is 31.6 Å². The molecule has 1 saturated heterocycles. The van der Waals surface area contributed by atoms with Crippen molar-refractivity contribution >= 4 is 5.91 Å². The van der Waals surface area contributed by atoms with Crippen molar-refractivity contribution in [2.75, 3.05) is 13.1 Å². The average molecular weight is 226 g/mol. The lowest BCUT2D eigenvalue weighted by Gasteiger charge is -2.24. The van der Waals surface area contributed by atoms with Crippen LogP contribution in [0.25, 0.3) is 0 Å². The molecular formula is C13H26N2O. The van der Waals surface area contributed by atoms with Crippen LogP contribution >= 0.6 is 0 Å². The minimum Gasteiger partial charge on any atom is -0.343 e. The van der Waals surface area contributed by atoms with Crippen molar-refractivity contribution in [1.82, 2.24) is 10.2 Å². The Balaban J connectivity index is 2.19. The van der Waals surface area contributed by atoms with E-state index in [1.807, 2.05) is 4.90 Å². The summed E-state index contributed by atoms with van der Waals surface area (Å²) < 4.78 is 0. The van der Waals surface area contributed by atoms with Crippen LogP contribution in [0.1, 0.15) is 47.0 Å². The van der Waals surface area contributed by atoms with E-state index in [0.29, 0.717) is 23.9 Å². The highest BCUT2D eigenvalue weighted by molar-refractivity contribution is 5.77. The van der Waals surface area contributed by atoms with Gasteiger partial charge in [-0.2, -0.15) is 0 Å². The zero-order valence-corrected chi connectivity index (χ0v) is 11.1. The molecule has 3 nitrogen and oxygen atoms in total. The summed E-state index contributed by atoms with van der Waals surface area (Å²) in [4.78, 5) is 13.4. The smallest absolute Gasteiger partial charge is 0.222 e. The van der Waals surface area contributed by atoms with Crippen LogP contribution < -0.4 is 5.32 Å². The summed E-state index contributed by atoms with van der Waals surface area (Å²) in [7, 11) is 0. The predicted molar refractivity (Wildman–Crippen MR) is 67.3 cm³/mol. The van der Waals surface area contributed by atoms with Crippen molar-refractivity contribution in [2.24, 2.45) is 5.92 Å². The summed E-state index contributed by atoms with van der Waals surface area (Å²) in [6.45, 7) is 10.8. The Morgan fingerprint density at radius 1 is 1.31 bits per heavy atom. The summed E-state index contributed by atoms with van der Waals surface area (Å²) in [6.07, 6.45) is 2.86. The molecule has 1 aliphatic rings. The Hall–Kier alpha value is -0.570. The minimum absolute atomic E-state index is 0.337. The molecule has 2 unspecified atom stereocenters. The number of likely N-dealkylation sites (tertiary alicyclic amines) is 1. The maximum atomic E-state index is 11.4. The molecule has 0 aromatic rings. The van der Waals surface area contributed by atoms with E-state index < -0.39 is 0 Å². The van der Waals surface area contributed by atoms with Gasteiger partial charge in [-0.1, -0.05) is 13.8 Å². The van der Waals surface area contributed by atoms with E-state index in [-0.39, 0.29) is 0 Å². The second-order valence-electron chi connectivity index (χ2n) is 5.37. The fraction of sp³-hybridized carbons (Fsp3) is 0.923. The second-order valence-corrected chi connectivity index (χ2v) is 5.37. The molecule has 16 heavy (non-hydrogen) atoms. The number of carbonyl (C=O) groups excluding carboxylic acids is 1. The molecule has 1 amide bonds. The maximum absolute atomic E-state index is 11.4. The van der Waals surface area contributed by atoms with Gasteiger partial charge in [-0.05, 0) is 32.6 Å². The van der Waals surface area contributed by atoms with E-state index in [1.165, 1.54) is 0 Å². The van der Waals surface area contributed by atoms with Gasteiger partial charge in [0.15, 0.2) is 0 Å². The van der Waals surface area contributed by atoms with Gasteiger partial charge < -0.3 is 10.2 Å². The first-order chi connectivity index (χ1) is 7.50. The first-order valence-electron chi connectivity index (χ1n) is 6.54. The van der Waals surface area contributed by atoms with Gasteiger partial charge in [-0.25, -0.2) is 0 Å². The average Bonchev–Trinajstić information content (AvgIpc) is 2.61. The van der Waals surface area contributed by atoms with Crippen molar-refractivity contribution in [3.63, 3.8) is 0 Å². The van der Waals surface area contributed by atoms with Crippen molar-refractivity contribution in [1.29, 1.82) is 0 Å². The van der Waals surface area contributed by atoms with Crippen LogP contribution in [0.2, 0.25) is 0 Å². The summed E-state index contributed by atoms with van der Waals surface area (Å²) in [5.41, 5.74) is 0. The predicted octanol–water partition coefficient (Wildman–Crippen LogP) is 2.02. The van der Waals surface area contributed by atoms with E-state index in [2.05, 4.69) is 33.0 Å². The Kier molecular flexibility index (Phi) is 5.26. The molecule has 1 N–H and O–H groups in total. The van der Waals surface area contributed by atoms with Gasteiger partial charge in [0.1, 0.15) is 0 Å². The van der Waals surface area contributed by atoms with Crippen molar-refractivity contribution in [3.05, 3.63) is 0 Å². The second kappa shape index (κ2) is 6.24. The highest BCUT2D eigenvalue weighted by Gasteiger charge is 2.20. The van der Waals surface area contributed by atoms with E-state index in [9.17, 15) is 4.79 Å². The van der Waals surface area contributed by atoms with Gasteiger partial charge in [0.05, 0.1) is 0 Å². The topological polar surface area (TPSA) is 32.3 Å². The molecule has 1 aliphatic heterocycles. The Bertz CT molecular complexity index is 228. The van der Waals surface area contributed by atoms with Crippen molar-refractivity contribution in [3.8, 4) is 0 Å². The molecule has 0 aromatic carbocycles. The maximum Gasteiger partial charge on any atom is 0.222 e. The van der Waals surface area contributed by atoms with Gasteiger partial charge in [-0.3, -0.25) is 4.79 Å². The van der Waals surface area contributed by atoms with Crippen molar-refractivity contribution < 1.29 is 4.79 Å². The molecule has 0 radical (unpaired) electrons. The molecule has 1 fully saturated rings. The highest BCUT2D eigenvalue weighted by atomic mass is 16.2. The van der Waals surface area contributed by atoms with Crippen LogP contribution in [0, 0.1) is 5.92 Å². The third kappa shape index (κ3) is 4.12. The SMILES string of the molecule is CC(CCN1CCCC1=O)NC(C)C(C)C. The molecule has 1 rings (SSSR count). The fourth-order valence-electron chi connectivity index (χ4n) is 2.01. The number of rotatable bonds is 6. The summed E-state index contributed by atoms with van der Waals surface area (Å²) in [5.74, 6) is 1.000. The fourth-order valence-corrected chi connectivity index (χ4v) is 2.01. The van der Waals surface area contributed by atoms with Crippen molar-refractivity contribution in [2.45, 2.75) is 59.0 Å². The number of nitrogens with one attached hydrogen (secondary N) is 1. The van der Waals surface area contributed by atoms with E-state index >= 15 is 0 Å². The van der Waals surface area contributed by atoms with Gasteiger partial charge in [0.2, 0.25) is 5.91 Å². The zero-order valence-electron chi connectivity index (χ0n) is 11.1. The standard InChI is InChI=1S/C13H26N2O/c1-10(2)12(4)14-11(3)7-9-15-8-5-6-13(15)16/h10-12,14H,5-9H2,1-4H3. The molecule has 2 atom stereocenters. The monoisotopic (exact) mass is 226 g/mol. The van der Waals surface area contributed by atoms with Crippen LogP contribution in [0.4, 0.5) is 0 Å². The lowest BCUT2D eigenvalue weighted by atomic mass is 10.0. The van der Waals surface area contributed by atoms with Crippen LogP contribution in [0.15, 0.2) is 0 Å². The van der Waals surface area contributed by atoms with Gasteiger partial charge in [0.25, 0.3) is 0 Å². The number of hydrogen-bond donors (Lipinski definition) is 1. The molecule has 0 bridgehead atoms. The molecule has 0 aromatic heterocycles. The first kappa shape index (κ1) is 13.5. The highest BCUT2D eigenvalue weighted by Crippen LogP contribution is 2.11. The number of carbonyl (C=O) groups is 1. The summed E-state index contributed by atoms with van der Waals surface area (Å²) in [6, 6.07) is 1.04. The molecule has 0 saturated carbocycles. The summed E-state index contributed by atoms with van der Waals surface area (Å²) in [5, 5.41) is 3.58. The van der Waals surface area contributed by atoms with Gasteiger partial charge >= 0.3 is 0 Å². The number of amides is 1. The number of hydrogen-bond acceptors (Lipinski definition) is 2. The largest absolute Gasteiger partial charge is 0.343 e. The molecule has 0 aliphatic carbocycles. The van der Waals surface area contributed by atoms with Crippen LogP contribution in [0.5, 0.6) is 0 Å². The first-order valence-corrected chi connectivity index (χ1v) is 6.54. The lowest BCUT2D eigenvalue weighted by molar-refractivity contribution is -0.127. The molecule has 3 heteroatoms. The molecular weight excluding hydrogens is 200 g/mol. The normalized spacial score (nSPS) is 20.6. The van der Waals surface area contributed by atoms with Crippen LogP contribution in [-0.4, -0.2) is 36.0 Å². The Morgan fingerprint density at radius 2 is 2.00 bits per heavy atom. The molecule has 0 spiro atoms. The molecule has 1 heterocycles. The van der Waals surface area contributed by atoms with E-state index in [0.717, 1.165) is 32.4 Å². The Labute approximate surface area is 99.6 Å². The van der Waals surface area contributed by atoms with E-state index in [1.54, 1.807) is 0 Å². The zero-order chi connectivity index (χ0) is 12.1. The van der Waals surface area contributed by atoms with Crippen LogP contribution in [0.3, 0.4) is 0 Å². The molecule has 94 valence electrons. The third-order valence-corrected chi connectivity index (χ3v) is 3.55. The van der Waals surface area contributed by atoms with Gasteiger partial charge in [-0.15, -0.1) is 0 Å². The van der Waals surface area contributed by atoms with E-state index in [4.69, 9.17) is 0 Å². The quantitative estimate of drug-likeness (QED) is 0.751. The Morgan fingerprint density at radius 3 is 2.50 bits per heavy atom. The third-order valence-electron chi connectivity index (χ3n) is 3.55. The minimum atomic E-state index is 0.337. The lowest BCUT2D eigenvalue weighted by Crippen LogP contribution is -2.40. The number of nitrogens with zero attached hydrogens (tertiary/aromatic N) is 1.